The van der Waals surface area contributed by atoms with Crippen molar-refractivity contribution < 1.29 is 14.3 Å². The second kappa shape index (κ2) is 6.54. The van der Waals surface area contributed by atoms with E-state index in [0.717, 1.165) is 11.4 Å². The van der Waals surface area contributed by atoms with Crippen molar-refractivity contribution in [3.63, 3.8) is 0 Å². The first kappa shape index (κ1) is 17.5. The Hall–Kier alpha value is -2.31. The van der Waals surface area contributed by atoms with E-state index in [1.54, 1.807) is 6.20 Å². The Morgan fingerprint density at radius 3 is 2.84 bits per heavy atom. The molecule has 1 saturated carbocycles. The van der Waals surface area contributed by atoms with Gasteiger partial charge in [-0.1, -0.05) is 0 Å². The fourth-order valence-electron chi connectivity index (χ4n) is 3.45. The van der Waals surface area contributed by atoms with Crippen LogP contribution in [-0.2, 0) is 4.74 Å². The maximum Gasteiger partial charge on any atom is 0.405 e. The third-order valence-corrected chi connectivity index (χ3v) is 5.07. The predicted molar refractivity (Wildman–Crippen MR) is 94.5 cm³/mol. The molecule has 1 aliphatic carbocycles. The Labute approximate surface area is 147 Å². The van der Waals surface area contributed by atoms with Crippen LogP contribution in [0.4, 0.5) is 10.5 Å². The van der Waals surface area contributed by atoms with E-state index in [9.17, 15) is 9.59 Å². The lowest BCUT2D eigenvalue weighted by Crippen LogP contribution is -2.38. The van der Waals surface area contributed by atoms with Gasteiger partial charge in [0.05, 0.1) is 17.8 Å². The third-order valence-electron chi connectivity index (χ3n) is 5.07. The zero-order valence-electron chi connectivity index (χ0n) is 15.0. The first-order valence-corrected chi connectivity index (χ1v) is 8.78. The summed E-state index contributed by atoms with van der Waals surface area (Å²) in [5, 5.41) is 3.08. The molecule has 2 fully saturated rings. The van der Waals surface area contributed by atoms with Crippen LogP contribution in [0.25, 0.3) is 0 Å². The average Bonchev–Trinajstić information content (AvgIpc) is 3.30. The smallest absolute Gasteiger partial charge is 0.405 e. The predicted octanol–water partition coefficient (Wildman–Crippen LogP) is 1.98. The van der Waals surface area contributed by atoms with Crippen molar-refractivity contribution in [2.24, 2.45) is 11.7 Å². The van der Waals surface area contributed by atoms with Crippen LogP contribution in [0.5, 0.6) is 0 Å². The summed E-state index contributed by atoms with van der Waals surface area (Å²) in [5.74, 6) is 0.483. The van der Waals surface area contributed by atoms with Gasteiger partial charge >= 0.3 is 6.09 Å². The zero-order chi connectivity index (χ0) is 18.2. The highest BCUT2D eigenvalue weighted by atomic mass is 16.6. The van der Waals surface area contributed by atoms with Gasteiger partial charge in [-0.25, -0.2) is 4.79 Å². The van der Waals surface area contributed by atoms with Crippen molar-refractivity contribution in [3.05, 3.63) is 23.5 Å². The second-order valence-corrected chi connectivity index (χ2v) is 7.48. The fourth-order valence-corrected chi connectivity index (χ4v) is 3.45. The molecule has 2 heterocycles. The molecule has 1 aliphatic heterocycles. The molecular weight excluding hydrogens is 320 g/mol. The van der Waals surface area contributed by atoms with Gasteiger partial charge in [0.25, 0.3) is 5.91 Å². The molecule has 7 nitrogen and oxygen atoms in total. The molecule has 2 atom stereocenters. The van der Waals surface area contributed by atoms with Crippen LogP contribution in [0.2, 0.25) is 0 Å². The summed E-state index contributed by atoms with van der Waals surface area (Å²) in [4.78, 5) is 30.2. The largest absolute Gasteiger partial charge is 0.441 e. The number of rotatable bonds is 5. The minimum atomic E-state index is -0.772. The molecule has 0 radical (unpaired) electrons. The Balaban J connectivity index is 1.80. The third kappa shape index (κ3) is 4.03. The molecule has 3 rings (SSSR count). The van der Waals surface area contributed by atoms with Gasteiger partial charge in [0.15, 0.2) is 0 Å². The lowest BCUT2D eigenvalue weighted by molar-refractivity contribution is 0.0480. The van der Waals surface area contributed by atoms with E-state index < -0.39 is 11.7 Å². The molecule has 1 saturated heterocycles. The number of nitrogens with one attached hydrogen (secondary N) is 1. The normalized spacial score (nSPS) is 24.0. The molecule has 0 bridgehead atoms. The number of nitrogens with two attached hydrogens (primary N) is 1. The number of nitrogens with zero attached hydrogens (tertiary/aromatic N) is 2. The number of hydrogen-bond donors (Lipinski definition) is 2. The molecule has 25 heavy (non-hydrogen) atoms. The summed E-state index contributed by atoms with van der Waals surface area (Å²) in [6.07, 6.45) is 3.87. The van der Waals surface area contributed by atoms with Crippen molar-refractivity contribution in [2.75, 3.05) is 18.0 Å². The number of aromatic nitrogens is 1. The fraction of sp³-hybridized carbons (Fsp3) is 0.611. The standard InChI is InChI=1S/C18H26N4O3/c1-11-8-15(22-7-6-18(3,10-22)25-17(19)24)14(9-20-11)16(23)21-12(2)13-4-5-13/h8-9,12-13H,4-7,10H2,1-3H3,(H2,19,24)(H,21,23)/t12?,18-/m0/s1. The number of carbonyl (C=O) groups is 2. The van der Waals surface area contributed by atoms with E-state index in [1.165, 1.54) is 12.8 Å². The van der Waals surface area contributed by atoms with E-state index in [4.69, 9.17) is 10.5 Å². The van der Waals surface area contributed by atoms with Gasteiger partial charge in [-0.15, -0.1) is 0 Å². The maximum atomic E-state index is 12.7. The summed E-state index contributed by atoms with van der Waals surface area (Å²) < 4.78 is 5.27. The summed E-state index contributed by atoms with van der Waals surface area (Å²) in [6.45, 7) is 6.99. The molecule has 7 heteroatoms. The number of pyridine rings is 1. The number of anilines is 1. The van der Waals surface area contributed by atoms with Crippen LogP contribution in [0, 0.1) is 12.8 Å². The molecule has 1 aromatic rings. The summed E-state index contributed by atoms with van der Waals surface area (Å²) in [7, 11) is 0. The van der Waals surface area contributed by atoms with Crippen molar-refractivity contribution >= 4 is 17.7 Å². The highest BCUT2D eigenvalue weighted by Gasteiger charge is 2.38. The Morgan fingerprint density at radius 1 is 1.48 bits per heavy atom. The number of ether oxygens (including phenoxy) is 1. The van der Waals surface area contributed by atoms with Gasteiger partial charge in [-0.3, -0.25) is 9.78 Å². The monoisotopic (exact) mass is 346 g/mol. The summed E-state index contributed by atoms with van der Waals surface area (Å²) in [5.41, 5.74) is 6.76. The van der Waals surface area contributed by atoms with Gasteiger partial charge in [-0.05, 0) is 45.6 Å². The molecule has 2 aliphatic rings. The number of aryl methyl sites for hydroxylation is 1. The van der Waals surface area contributed by atoms with Crippen molar-refractivity contribution in [2.45, 2.75) is 51.7 Å². The number of hydrogen-bond acceptors (Lipinski definition) is 5. The molecule has 1 unspecified atom stereocenters. The van der Waals surface area contributed by atoms with E-state index in [1.807, 2.05) is 26.8 Å². The van der Waals surface area contributed by atoms with E-state index >= 15 is 0 Å². The molecule has 136 valence electrons. The van der Waals surface area contributed by atoms with Gasteiger partial charge in [0, 0.05) is 30.9 Å². The van der Waals surface area contributed by atoms with Crippen LogP contribution in [-0.4, -0.2) is 41.7 Å². The lowest BCUT2D eigenvalue weighted by atomic mass is 10.1. The quantitative estimate of drug-likeness (QED) is 0.849. The van der Waals surface area contributed by atoms with E-state index in [2.05, 4.69) is 15.2 Å². The minimum absolute atomic E-state index is 0.105. The van der Waals surface area contributed by atoms with E-state index in [0.29, 0.717) is 31.0 Å². The maximum absolute atomic E-state index is 12.7. The van der Waals surface area contributed by atoms with Gasteiger partial charge < -0.3 is 20.7 Å². The Morgan fingerprint density at radius 2 is 2.20 bits per heavy atom. The minimum Gasteiger partial charge on any atom is -0.441 e. The van der Waals surface area contributed by atoms with Crippen LogP contribution in [0.15, 0.2) is 12.3 Å². The van der Waals surface area contributed by atoms with Crippen LogP contribution in [0.3, 0.4) is 0 Å². The van der Waals surface area contributed by atoms with Crippen LogP contribution in [0.1, 0.15) is 49.2 Å². The second-order valence-electron chi connectivity index (χ2n) is 7.48. The number of amides is 2. The number of carbonyl (C=O) groups excluding carboxylic acids is 2. The Kier molecular flexibility index (Phi) is 4.58. The topological polar surface area (TPSA) is 97.5 Å². The highest BCUT2D eigenvalue weighted by Crippen LogP contribution is 2.34. The van der Waals surface area contributed by atoms with Crippen LogP contribution < -0.4 is 16.0 Å². The summed E-state index contributed by atoms with van der Waals surface area (Å²) >= 11 is 0. The molecule has 2 amide bonds. The van der Waals surface area contributed by atoms with Crippen molar-refractivity contribution in [1.82, 2.24) is 10.3 Å². The first-order chi connectivity index (χ1) is 11.8. The molecule has 1 aromatic heterocycles. The number of primary amides is 1. The highest BCUT2D eigenvalue weighted by molar-refractivity contribution is 5.99. The Bertz CT molecular complexity index is 689. The molecule has 0 spiro atoms. The SMILES string of the molecule is Cc1cc(N2CC[C@](C)(OC(N)=O)C2)c(C(=O)NC(C)C2CC2)cn1. The van der Waals surface area contributed by atoms with Crippen molar-refractivity contribution in [1.29, 1.82) is 0 Å². The first-order valence-electron chi connectivity index (χ1n) is 8.78. The van der Waals surface area contributed by atoms with Crippen LogP contribution >= 0.6 is 0 Å². The van der Waals surface area contributed by atoms with Gasteiger partial charge in [-0.2, -0.15) is 0 Å². The average molecular weight is 346 g/mol. The molecular formula is C18H26N4O3. The van der Waals surface area contributed by atoms with Gasteiger partial charge in [0.1, 0.15) is 5.60 Å². The van der Waals surface area contributed by atoms with Crippen molar-refractivity contribution in [3.8, 4) is 0 Å². The lowest BCUT2D eigenvalue weighted by Gasteiger charge is -2.26. The molecule has 0 aromatic carbocycles. The van der Waals surface area contributed by atoms with E-state index in [-0.39, 0.29) is 11.9 Å². The zero-order valence-corrected chi connectivity index (χ0v) is 15.0. The summed E-state index contributed by atoms with van der Waals surface area (Å²) in [6, 6.07) is 2.08. The van der Waals surface area contributed by atoms with Gasteiger partial charge in [0.2, 0.25) is 0 Å². The molecule has 3 N–H and O–H groups in total.